The predicted molar refractivity (Wildman–Crippen MR) is 71.3 cm³/mol. The second-order valence-electron chi connectivity index (χ2n) is 3.87. The summed E-state index contributed by atoms with van der Waals surface area (Å²) in [6.07, 6.45) is 5.08. The maximum absolute atomic E-state index is 11.6. The first-order valence-electron chi connectivity index (χ1n) is 5.75. The standard InChI is InChI=1S/C14H18N2O2/c1-4-9-15-10-14(17)16-11(2)12-5-7-13(18-3)8-6-12/h1,5-8,11,15H,9-10H2,2-3H3,(H,16,17)/t11-/m0/s1. The maximum Gasteiger partial charge on any atom is 0.234 e. The molecular formula is C14H18N2O2. The average molecular weight is 246 g/mol. The first kappa shape index (κ1) is 14.1. The van der Waals surface area contributed by atoms with Crippen molar-refractivity contribution in [2.24, 2.45) is 0 Å². The van der Waals surface area contributed by atoms with E-state index in [1.54, 1.807) is 7.11 Å². The van der Waals surface area contributed by atoms with Crippen LogP contribution < -0.4 is 15.4 Å². The third-order valence-electron chi connectivity index (χ3n) is 2.51. The Kier molecular flexibility index (Phi) is 5.75. The molecule has 1 aromatic rings. The smallest absolute Gasteiger partial charge is 0.234 e. The summed E-state index contributed by atoms with van der Waals surface area (Å²) in [4.78, 5) is 11.6. The van der Waals surface area contributed by atoms with E-state index in [9.17, 15) is 4.79 Å². The Hall–Kier alpha value is -1.99. The van der Waals surface area contributed by atoms with Gasteiger partial charge in [0.25, 0.3) is 0 Å². The van der Waals surface area contributed by atoms with Gasteiger partial charge in [0, 0.05) is 0 Å². The SMILES string of the molecule is C#CCNCC(=O)N[C@@H](C)c1ccc(OC)cc1. The largest absolute Gasteiger partial charge is 0.497 e. The van der Waals surface area contributed by atoms with Crippen molar-refractivity contribution in [2.45, 2.75) is 13.0 Å². The molecule has 0 saturated carbocycles. The van der Waals surface area contributed by atoms with Gasteiger partial charge >= 0.3 is 0 Å². The van der Waals surface area contributed by atoms with Crippen LogP contribution in [0.2, 0.25) is 0 Å². The Morgan fingerprint density at radius 3 is 2.67 bits per heavy atom. The summed E-state index contributed by atoms with van der Waals surface area (Å²) in [6, 6.07) is 7.55. The molecule has 0 heterocycles. The third-order valence-corrected chi connectivity index (χ3v) is 2.51. The molecule has 0 aromatic heterocycles. The molecule has 1 aromatic carbocycles. The van der Waals surface area contributed by atoms with Crippen LogP contribution in [0.4, 0.5) is 0 Å². The van der Waals surface area contributed by atoms with Crippen LogP contribution >= 0.6 is 0 Å². The molecule has 0 unspecified atom stereocenters. The summed E-state index contributed by atoms with van der Waals surface area (Å²) in [5.41, 5.74) is 1.03. The summed E-state index contributed by atoms with van der Waals surface area (Å²) < 4.78 is 5.08. The van der Waals surface area contributed by atoms with E-state index in [0.717, 1.165) is 11.3 Å². The van der Waals surface area contributed by atoms with E-state index >= 15 is 0 Å². The second-order valence-corrected chi connectivity index (χ2v) is 3.87. The van der Waals surface area contributed by atoms with Gasteiger partial charge in [-0.05, 0) is 24.6 Å². The van der Waals surface area contributed by atoms with Crippen LogP contribution in [0.5, 0.6) is 5.75 Å². The van der Waals surface area contributed by atoms with E-state index in [0.29, 0.717) is 6.54 Å². The number of nitrogens with one attached hydrogen (secondary N) is 2. The minimum Gasteiger partial charge on any atom is -0.497 e. The number of carbonyl (C=O) groups excluding carboxylic acids is 1. The number of carbonyl (C=O) groups is 1. The topological polar surface area (TPSA) is 50.4 Å². The number of amides is 1. The molecule has 18 heavy (non-hydrogen) atoms. The number of hydrogen-bond donors (Lipinski definition) is 2. The zero-order chi connectivity index (χ0) is 13.4. The van der Waals surface area contributed by atoms with Crippen LogP contribution in [-0.2, 0) is 4.79 Å². The number of rotatable bonds is 6. The van der Waals surface area contributed by atoms with Crippen molar-refractivity contribution in [1.29, 1.82) is 0 Å². The maximum atomic E-state index is 11.6. The molecule has 1 amide bonds. The Morgan fingerprint density at radius 2 is 2.11 bits per heavy atom. The Bertz CT molecular complexity index is 420. The minimum atomic E-state index is -0.0754. The van der Waals surface area contributed by atoms with Crippen molar-refractivity contribution >= 4 is 5.91 Å². The number of terminal acetylenes is 1. The molecule has 1 atom stereocenters. The quantitative estimate of drug-likeness (QED) is 0.583. The summed E-state index contributed by atoms with van der Waals surface area (Å²) in [6.45, 7) is 2.55. The number of methoxy groups -OCH3 is 1. The van der Waals surface area contributed by atoms with Crippen molar-refractivity contribution < 1.29 is 9.53 Å². The normalized spacial score (nSPS) is 11.4. The molecule has 0 fully saturated rings. The first-order chi connectivity index (χ1) is 8.67. The molecule has 0 bridgehead atoms. The fraction of sp³-hybridized carbons (Fsp3) is 0.357. The van der Waals surface area contributed by atoms with E-state index in [1.807, 2.05) is 31.2 Å². The van der Waals surface area contributed by atoms with E-state index in [1.165, 1.54) is 0 Å². The van der Waals surface area contributed by atoms with Crippen LogP contribution in [0.3, 0.4) is 0 Å². The van der Waals surface area contributed by atoms with Gasteiger partial charge in [-0.15, -0.1) is 6.42 Å². The fourth-order valence-corrected chi connectivity index (χ4v) is 1.52. The van der Waals surface area contributed by atoms with Gasteiger partial charge in [0.2, 0.25) is 5.91 Å². The van der Waals surface area contributed by atoms with Crippen molar-refractivity contribution in [1.82, 2.24) is 10.6 Å². The Balaban J connectivity index is 2.46. The number of ether oxygens (including phenoxy) is 1. The van der Waals surface area contributed by atoms with Crippen molar-refractivity contribution in [2.75, 3.05) is 20.2 Å². The Morgan fingerprint density at radius 1 is 1.44 bits per heavy atom. The Labute approximate surface area is 108 Å². The molecule has 0 aliphatic heterocycles. The zero-order valence-corrected chi connectivity index (χ0v) is 10.7. The van der Waals surface area contributed by atoms with Crippen molar-refractivity contribution in [3.63, 3.8) is 0 Å². The molecule has 2 N–H and O–H groups in total. The van der Waals surface area contributed by atoms with Crippen molar-refractivity contribution in [3.8, 4) is 18.1 Å². The lowest BCUT2D eigenvalue weighted by atomic mass is 10.1. The summed E-state index contributed by atoms with van der Waals surface area (Å²) in [5, 5.41) is 5.72. The molecule has 4 nitrogen and oxygen atoms in total. The van der Waals surface area contributed by atoms with Crippen molar-refractivity contribution in [3.05, 3.63) is 29.8 Å². The fourth-order valence-electron chi connectivity index (χ4n) is 1.52. The van der Waals surface area contributed by atoms with Gasteiger partial charge in [-0.3, -0.25) is 10.1 Å². The van der Waals surface area contributed by atoms with Gasteiger partial charge in [-0.2, -0.15) is 0 Å². The highest BCUT2D eigenvalue weighted by Crippen LogP contribution is 2.16. The highest BCUT2D eigenvalue weighted by Gasteiger charge is 2.08. The van der Waals surface area contributed by atoms with Crippen LogP contribution in [0.15, 0.2) is 24.3 Å². The first-order valence-corrected chi connectivity index (χ1v) is 5.75. The van der Waals surface area contributed by atoms with E-state index < -0.39 is 0 Å². The summed E-state index contributed by atoms with van der Waals surface area (Å²) in [7, 11) is 1.62. The second kappa shape index (κ2) is 7.36. The van der Waals surface area contributed by atoms with E-state index in [-0.39, 0.29) is 18.5 Å². The highest BCUT2D eigenvalue weighted by molar-refractivity contribution is 5.78. The highest BCUT2D eigenvalue weighted by atomic mass is 16.5. The molecule has 0 spiro atoms. The lowest BCUT2D eigenvalue weighted by Crippen LogP contribution is -2.35. The van der Waals surface area contributed by atoms with Gasteiger partial charge in [-0.25, -0.2) is 0 Å². The van der Waals surface area contributed by atoms with Crippen LogP contribution in [0, 0.1) is 12.3 Å². The molecule has 0 aliphatic rings. The van der Waals surface area contributed by atoms with Crippen LogP contribution in [0.1, 0.15) is 18.5 Å². The molecular weight excluding hydrogens is 228 g/mol. The lowest BCUT2D eigenvalue weighted by molar-refractivity contribution is -0.120. The molecule has 4 heteroatoms. The summed E-state index contributed by atoms with van der Waals surface area (Å²) >= 11 is 0. The van der Waals surface area contributed by atoms with Gasteiger partial charge in [0.05, 0.1) is 26.2 Å². The zero-order valence-electron chi connectivity index (χ0n) is 10.7. The molecule has 1 rings (SSSR count). The van der Waals surface area contributed by atoms with Crippen LogP contribution in [0.25, 0.3) is 0 Å². The molecule has 0 radical (unpaired) electrons. The van der Waals surface area contributed by atoms with Gasteiger partial charge < -0.3 is 10.1 Å². The summed E-state index contributed by atoms with van der Waals surface area (Å²) in [5.74, 6) is 3.14. The molecule has 0 aliphatic carbocycles. The van der Waals surface area contributed by atoms with Gasteiger partial charge in [-0.1, -0.05) is 18.1 Å². The number of hydrogen-bond acceptors (Lipinski definition) is 3. The monoisotopic (exact) mass is 246 g/mol. The average Bonchev–Trinajstić information content (AvgIpc) is 2.39. The van der Waals surface area contributed by atoms with E-state index in [4.69, 9.17) is 11.2 Å². The van der Waals surface area contributed by atoms with Gasteiger partial charge in [0.15, 0.2) is 0 Å². The number of benzene rings is 1. The van der Waals surface area contributed by atoms with Gasteiger partial charge in [0.1, 0.15) is 5.75 Å². The molecule has 0 saturated heterocycles. The van der Waals surface area contributed by atoms with E-state index in [2.05, 4.69) is 16.6 Å². The molecule has 96 valence electrons. The lowest BCUT2D eigenvalue weighted by Gasteiger charge is -2.14. The van der Waals surface area contributed by atoms with Crippen LogP contribution in [-0.4, -0.2) is 26.1 Å². The predicted octanol–water partition coefficient (Wildman–Crippen LogP) is 1.10. The third kappa shape index (κ3) is 4.48. The minimum absolute atomic E-state index is 0.0453.